The zero-order valence-corrected chi connectivity index (χ0v) is 14.3. The van der Waals surface area contributed by atoms with Crippen LogP contribution in [0.25, 0.3) is 0 Å². The van der Waals surface area contributed by atoms with Gasteiger partial charge in [0.2, 0.25) is 0 Å². The lowest BCUT2D eigenvalue weighted by Crippen LogP contribution is -2.04. The Kier molecular flexibility index (Phi) is 5.14. The summed E-state index contributed by atoms with van der Waals surface area (Å²) in [7, 11) is 3.00. The van der Waals surface area contributed by atoms with E-state index in [2.05, 4.69) is 15.9 Å². The maximum Gasteiger partial charge on any atom is 0.195 e. The van der Waals surface area contributed by atoms with Crippen LogP contribution in [0.4, 0.5) is 0 Å². The summed E-state index contributed by atoms with van der Waals surface area (Å²) in [5.74, 6) is 0.675. The number of rotatable bonds is 4. The molecule has 0 amide bonds. The summed E-state index contributed by atoms with van der Waals surface area (Å²) in [4.78, 5) is 12.6. The summed E-state index contributed by atoms with van der Waals surface area (Å²) in [6.07, 6.45) is 0. The fourth-order valence-corrected chi connectivity index (χ4v) is 2.95. The van der Waals surface area contributed by atoms with Gasteiger partial charge >= 0.3 is 0 Å². The highest BCUT2D eigenvalue weighted by Gasteiger charge is 2.19. The van der Waals surface area contributed by atoms with E-state index in [1.54, 1.807) is 30.3 Å². The summed E-state index contributed by atoms with van der Waals surface area (Å²) in [6.45, 7) is 0. The number of carbonyl (C=O) groups excluding carboxylic acids is 1. The maximum atomic E-state index is 12.6. The van der Waals surface area contributed by atoms with Gasteiger partial charge < -0.3 is 9.47 Å². The molecule has 0 unspecified atom stereocenters. The van der Waals surface area contributed by atoms with E-state index in [4.69, 9.17) is 32.7 Å². The lowest BCUT2D eigenvalue weighted by atomic mass is 10.0. The second-order valence-corrected chi connectivity index (χ2v) is 5.84. The molecule has 0 saturated heterocycles. The van der Waals surface area contributed by atoms with Gasteiger partial charge in [-0.25, -0.2) is 0 Å². The fourth-order valence-electron chi connectivity index (χ4n) is 1.85. The van der Waals surface area contributed by atoms with Crippen molar-refractivity contribution in [3.63, 3.8) is 0 Å². The highest BCUT2D eigenvalue weighted by atomic mass is 79.9. The Balaban J connectivity index is 2.53. The summed E-state index contributed by atoms with van der Waals surface area (Å²) in [5.41, 5.74) is 0.797. The number of ketones is 1. The van der Waals surface area contributed by atoms with Gasteiger partial charge in [0.1, 0.15) is 0 Å². The number of carbonyl (C=O) groups is 1. The normalized spacial score (nSPS) is 10.3. The van der Waals surface area contributed by atoms with E-state index in [1.165, 1.54) is 14.2 Å². The number of benzene rings is 2. The topological polar surface area (TPSA) is 35.5 Å². The van der Waals surface area contributed by atoms with Gasteiger partial charge in [0, 0.05) is 26.7 Å². The highest BCUT2D eigenvalue weighted by molar-refractivity contribution is 9.10. The van der Waals surface area contributed by atoms with Crippen molar-refractivity contribution in [3.05, 3.63) is 56.0 Å². The van der Waals surface area contributed by atoms with Gasteiger partial charge in [0.15, 0.2) is 17.3 Å². The molecule has 2 aromatic rings. The monoisotopic (exact) mass is 388 g/mol. The van der Waals surface area contributed by atoms with Gasteiger partial charge in [-0.1, -0.05) is 23.2 Å². The minimum absolute atomic E-state index is 0.232. The van der Waals surface area contributed by atoms with Crippen molar-refractivity contribution in [2.24, 2.45) is 0 Å². The molecule has 0 aliphatic rings. The molecule has 0 fully saturated rings. The molecule has 21 heavy (non-hydrogen) atoms. The molecule has 3 nitrogen and oxygen atoms in total. The van der Waals surface area contributed by atoms with E-state index in [0.29, 0.717) is 37.1 Å². The van der Waals surface area contributed by atoms with Crippen molar-refractivity contribution < 1.29 is 14.3 Å². The third-order valence-corrected chi connectivity index (χ3v) is 4.10. The second-order valence-electron chi connectivity index (χ2n) is 4.14. The molecule has 2 rings (SSSR count). The van der Waals surface area contributed by atoms with E-state index in [0.717, 1.165) is 0 Å². The van der Waals surface area contributed by atoms with Gasteiger partial charge in [-0.3, -0.25) is 4.79 Å². The Morgan fingerprint density at radius 1 is 1.00 bits per heavy atom. The van der Waals surface area contributed by atoms with Crippen LogP contribution in [-0.2, 0) is 0 Å². The third-order valence-electron chi connectivity index (χ3n) is 2.89. The standard InChI is InChI=1S/C15H11BrCl2O3/c1-20-13-6-10(12(18)7-14(13)21-2)15(19)9-4-3-8(17)5-11(9)16/h3-7H,1-2H3. The summed E-state index contributed by atoms with van der Waals surface area (Å²) in [6, 6.07) is 8.06. The molecule has 0 spiro atoms. The molecule has 0 saturated carbocycles. The number of halogens is 3. The highest BCUT2D eigenvalue weighted by Crippen LogP contribution is 2.35. The molecular weight excluding hydrogens is 379 g/mol. The zero-order valence-electron chi connectivity index (χ0n) is 11.2. The smallest absolute Gasteiger partial charge is 0.195 e. The molecule has 0 aromatic heterocycles. The third kappa shape index (κ3) is 3.34. The van der Waals surface area contributed by atoms with Crippen molar-refractivity contribution in [1.29, 1.82) is 0 Å². The van der Waals surface area contributed by atoms with Crippen molar-refractivity contribution in [1.82, 2.24) is 0 Å². The molecule has 110 valence electrons. The Bertz CT molecular complexity index is 702. The van der Waals surface area contributed by atoms with Crippen LogP contribution in [0.2, 0.25) is 10.0 Å². The second kappa shape index (κ2) is 6.69. The van der Waals surface area contributed by atoms with E-state index in [9.17, 15) is 4.79 Å². The molecule has 2 aromatic carbocycles. The van der Waals surface area contributed by atoms with Gasteiger partial charge in [-0.15, -0.1) is 0 Å². The van der Waals surface area contributed by atoms with Crippen LogP contribution in [0.15, 0.2) is 34.8 Å². The molecule has 0 radical (unpaired) electrons. The first-order chi connectivity index (χ1) is 9.97. The number of hydrogen-bond donors (Lipinski definition) is 0. The fraction of sp³-hybridized carbons (Fsp3) is 0.133. The SMILES string of the molecule is COc1cc(Cl)c(C(=O)c2ccc(Cl)cc2Br)cc1OC. The van der Waals surface area contributed by atoms with Crippen molar-refractivity contribution in [3.8, 4) is 11.5 Å². The maximum absolute atomic E-state index is 12.6. The molecular formula is C15H11BrCl2O3. The number of ether oxygens (including phenoxy) is 2. The van der Waals surface area contributed by atoms with Gasteiger partial charge in [0.05, 0.1) is 19.2 Å². The van der Waals surface area contributed by atoms with E-state index in [-0.39, 0.29) is 5.78 Å². The molecule has 0 bridgehead atoms. The van der Waals surface area contributed by atoms with E-state index >= 15 is 0 Å². The summed E-state index contributed by atoms with van der Waals surface area (Å²) >= 11 is 15.4. The molecule has 0 aliphatic heterocycles. The Labute approximate surface area is 140 Å². The average molecular weight is 390 g/mol. The minimum Gasteiger partial charge on any atom is -0.493 e. The quantitative estimate of drug-likeness (QED) is 0.690. The van der Waals surface area contributed by atoms with Gasteiger partial charge in [-0.05, 0) is 40.2 Å². The Morgan fingerprint density at radius 3 is 2.19 bits per heavy atom. The molecule has 0 heterocycles. The Morgan fingerprint density at radius 2 is 1.62 bits per heavy atom. The van der Waals surface area contributed by atoms with Crippen LogP contribution in [0.5, 0.6) is 11.5 Å². The van der Waals surface area contributed by atoms with Crippen LogP contribution < -0.4 is 9.47 Å². The van der Waals surface area contributed by atoms with Crippen molar-refractivity contribution in [2.75, 3.05) is 14.2 Å². The molecule has 0 N–H and O–H groups in total. The lowest BCUT2D eigenvalue weighted by molar-refractivity contribution is 0.103. The summed E-state index contributed by atoms with van der Waals surface area (Å²) in [5, 5.41) is 0.830. The van der Waals surface area contributed by atoms with E-state index < -0.39 is 0 Å². The largest absolute Gasteiger partial charge is 0.493 e. The zero-order chi connectivity index (χ0) is 15.6. The lowest BCUT2D eigenvalue weighted by Gasteiger charge is -2.12. The minimum atomic E-state index is -0.232. The predicted octanol–water partition coefficient (Wildman–Crippen LogP) is 5.00. The van der Waals surface area contributed by atoms with Crippen LogP contribution >= 0.6 is 39.1 Å². The van der Waals surface area contributed by atoms with Crippen LogP contribution in [-0.4, -0.2) is 20.0 Å². The van der Waals surface area contributed by atoms with Crippen molar-refractivity contribution >= 4 is 44.9 Å². The summed E-state index contributed by atoms with van der Waals surface area (Å²) < 4.78 is 11.0. The molecule has 6 heteroatoms. The molecule has 0 aliphatic carbocycles. The van der Waals surface area contributed by atoms with Crippen LogP contribution in [0, 0.1) is 0 Å². The van der Waals surface area contributed by atoms with Crippen molar-refractivity contribution in [2.45, 2.75) is 0 Å². The first-order valence-electron chi connectivity index (χ1n) is 5.89. The number of hydrogen-bond acceptors (Lipinski definition) is 3. The van der Waals surface area contributed by atoms with Crippen LogP contribution in [0.1, 0.15) is 15.9 Å². The van der Waals surface area contributed by atoms with Gasteiger partial charge in [-0.2, -0.15) is 0 Å². The molecule has 0 atom stereocenters. The number of methoxy groups -OCH3 is 2. The van der Waals surface area contributed by atoms with Gasteiger partial charge in [0.25, 0.3) is 0 Å². The van der Waals surface area contributed by atoms with E-state index in [1.807, 2.05) is 0 Å². The average Bonchev–Trinajstić information content (AvgIpc) is 2.46. The Hall–Kier alpha value is -1.23. The first kappa shape index (κ1) is 16.1. The van der Waals surface area contributed by atoms with Crippen LogP contribution in [0.3, 0.4) is 0 Å². The predicted molar refractivity (Wildman–Crippen MR) is 87.1 cm³/mol. The first-order valence-corrected chi connectivity index (χ1v) is 7.44.